The third kappa shape index (κ3) is 4.93. The second-order valence-corrected chi connectivity index (χ2v) is 6.64. The molecule has 3 atom stereocenters. The third-order valence-electron chi connectivity index (χ3n) is 4.53. The lowest BCUT2D eigenvalue weighted by atomic mass is 10.0. The molecule has 4 amide bonds. The minimum absolute atomic E-state index is 0.108. The first-order chi connectivity index (χ1) is 12.3. The van der Waals surface area contributed by atoms with E-state index in [0.717, 1.165) is 0 Å². The highest BCUT2D eigenvalue weighted by Crippen LogP contribution is 2.19. The van der Waals surface area contributed by atoms with Crippen LogP contribution in [0.3, 0.4) is 0 Å². The Morgan fingerprint density at radius 3 is 2.65 bits per heavy atom. The Labute approximate surface area is 151 Å². The van der Waals surface area contributed by atoms with Crippen LogP contribution in [0, 0.1) is 0 Å². The smallest absolute Gasteiger partial charge is 0.245 e. The number of hydrogen-bond donors (Lipinski definition) is 4. The molecular formula is C16H26N6O4. The summed E-state index contributed by atoms with van der Waals surface area (Å²) in [6.45, 7) is 2.53. The van der Waals surface area contributed by atoms with Gasteiger partial charge in [0.25, 0.3) is 0 Å². The van der Waals surface area contributed by atoms with Crippen molar-refractivity contribution < 1.29 is 19.2 Å². The van der Waals surface area contributed by atoms with Crippen LogP contribution < -0.4 is 22.1 Å². The average molecular weight is 366 g/mol. The lowest BCUT2D eigenvalue weighted by Crippen LogP contribution is -2.60. The molecule has 26 heavy (non-hydrogen) atoms. The zero-order chi connectivity index (χ0) is 19.3. The summed E-state index contributed by atoms with van der Waals surface area (Å²) in [6, 6.07) is -2.06. The molecule has 0 unspecified atom stereocenters. The van der Waals surface area contributed by atoms with Crippen LogP contribution in [0.25, 0.3) is 0 Å². The number of nitrogens with one attached hydrogen (secondary N) is 2. The number of amides is 4. The van der Waals surface area contributed by atoms with E-state index < -0.39 is 29.9 Å². The van der Waals surface area contributed by atoms with Crippen LogP contribution >= 0.6 is 0 Å². The molecule has 0 aromatic rings. The van der Waals surface area contributed by atoms with Gasteiger partial charge in [-0.25, -0.2) is 0 Å². The van der Waals surface area contributed by atoms with E-state index in [9.17, 15) is 19.2 Å². The van der Waals surface area contributed by atoms with Crippen molar-refractivity contribution in [2.24, 2.45) is 16.5 Å². The molecule has 0 aliphatic carbocycles. The lowest BCUT2D eigenvalue weighted by molar-refractivity contribution is -0.142. The van der Waals surface area contributed by atoms with Crippen LogP contribution in [0.5, 0.6) is 0 Å². The molecule has 144 valence electrons. The number of amidine groups is 1. The number of carbonyl (C=O) groups is 4. The first kappa shape index (κ1) is 19.7. The Bertz CT molecular complexity index is 608. The Hall–Kier alpha value is -2.65. The molecule has 0 radical (unpaired) electrons. The lowest BCUT2D eigenvalue weighted by Gasteiger charge is -2.31. The van der Waals surface area contributed by atoms with Crippen molar-refractivity contribution in [3.63, 3.8) is 0 Å². The van der Waals surface area contributed by atoms with Gasteiger partial charge < -0.3 is 27.0 Å². The van der Waals surface area contributed by atoms with Crippen LogP contribution in [-0.2, 0) is 19.2 Å². The zero-order valence-corrected chi connectivity index (χ0v) is 14.9. The van der Waals surface area contributed by atoms with Crippen LogP contribution in [-0.4, -0.2) is 65.6 Å². The Morgan fingerprint density at radius 1 is 1.38 bits per heavy atom. The Kier molecular flexibility index (Phi) is 6.53. The van der Waals surface area contributed by atoms with Crippen LogP contribution in [0.15, 0.2) is 4.99 Å². The van der Waals surface area contributed by atoms with Gasteiger partial charge >= 0.3 is 0 Å². The van der Waals surface area contributed by atoms with Crippen molar-refractivity contribution in [1.82, 2.24) is 15.5 Å². The van der Waals surface area contributed by atoms with Crippen molar-refractivity contribution in [2.75, 3.05) is 13.1 Å². The molecule has 2 heterocycles. The zero-order valence-electron chi connectivity index (χ0n) is 14.9. The predicted molar refractivity (Wildman–Crippen MR) is 93.8 cm³/mol. The molecule has 0 aromatic heterocycles. The van der Waals surface area contributed by atoms with Crippen molar-refractivity contribution in [3.8, 4) is 0 Å². The molecule has 6 N–H and O–H groups in total. The number of rotatable bonds is 8. The molecule has 10 nitrogen and oxygen atoms in total. The van der Waals surface area contributed by atoms with Gasteiger partial charge in [0, 0.05) is 13.1 Å². The quantitative estimate of drug-likeness (QED) is 0.169. The summed E-state index contributed by atoms with van der Waals surface area (Å²) in [6.07, 6.45) is 2.21. The van der Waals surface area contributed by atoms with Crippen LogP contribution in [0.1, 0.15) is 39.0 Å². The fourth-order valence-corrected chi connectivity index (χ4v) is 3.12. The molecule has 2 rings (SSSR count). The average Bonchev–Trinajstić information content (AvgIpc) is 3.03. The van der Waals surface area contributed by atoms with Crippen molar-refractivity contribution in [3.05, 3.63) is 0 Å². The van der Waals surface area contributed by atoms with E-state index in [-0.39, 0.29) is 18.2 Å². The molecule has 0 aromatic carbocycles. The molecule has 2 aliphatic heterocycles. The molecule has 2 saturated heterocycles. The maximum atomic E-state index is 12.9. The fraction of sp³-hybridized carbons (Fsp3) is 0.688. The number of nitrogens with two attached hydrogens (primary N) is 2. The molecule has 2 fully saturated rings. The maximum Gasteiger partial charge on any atom is 0.245 e. The fourth-order valence-electron chi connectivity index (χ4n) is 3.12. The molecular weight excluding hydrogens is 340 g/mol. The molecule has 0 saturated carbocycles. The van der Waals surface area contributed by atoms with Gasteiger partial charge in [-0.1, -0.05) is 0 Å². The Balaban J connectivity index is 2.01. The number of likely N-dealkylation sites (tertiary alicyclic amines) is 1. The summed E-state index contributed by atoms with van der Waals surface area (Å²) in [5.41, 5.74) is 10.9. The summed E-state index contributed by atoms with van der Waals surface area (Å²) in [5.74, 6) is -1.04. The van der Waals surface area contributed by atoms with Crippen molar-refractivity contribution >= 4 is 29.5 Å². The number of carbonyl (C=O) groups excluding carboxylic acids is 4. The van der Waals surface area contributed by atoms with E-state index in [0.29, 0.717) is 44.6 Å². The second-order valence-electron chi connectivity index (χ2n) is 6.64. The predicted octanol–water partition coefficient (Wildman–Crippen LogP) is -2.01. The number of β-lactam (4-membered cyclic amide) rings is 1. The van der Waals surface area contributed by atoms with Gasteiger partial charge in [-0.2, -0.15) is 0 Å². The van der Waals surface area contributed by atoms with E-state index in [1.807, 2.05) is 0 Å². The highest BCUT2D eigenvalue weighted by atomic mass is 16.2. The number of hydrogen-bond acceptors (Lipinski definition) is 5. The molecule has 2 aliphatic rings. The monoisotopic (exact) mass is 366 g/mol. The van der Waals surface area contributed by atoms with Crippen molar-refractivity contribution in [2.45, 2.75) is 57.2 Å². The first-order valence-corrected chi connectivity index (χ1v) is 8.75. The van der Waals surface area contributed by atoms with Gasteiger partial charge in [-0.05, 0) is 32.6 Å². The molecule has 0 spiro atoms. The largest absolute Gasteiger partial charge is 0.388 e. The van der Waals surface area contributed by atoms with E-state index in [1.54, 1.807) is 6.92 Å². The van der Waals surface area contributed by atoms with Gasteiger partial charge in [0.15, 0.2) is 0 Å². The highest BCUT2D eigenvalue weighted by Gasteiger charge is 2.38. The van der Waals surface area contributed by atoms with E-state index >= 15 is 0 Å². The van der Waals surface area contributed by atoms with Gasteiger partial charge in [0.1, 0.15) is 18.1 Å². The van der Waals surface area contributed by atoms with Crippen LogP contribution in [0.4, 0.5) is 0 Å². The normalized spacial score (nSPS) is 23.8. The SMILES string of the molecule is CC(N)=NCCC[C@H](NC(=O)[C@@H]1CC(=O)N1)C(=O)N1CCC[C@H]1C(N)=O. The summed E-state index contributed by atoms with van der Waals surface area (Å²) in [7, 11) is 0. The summed E-state index contributed by atoms with van der Waals surface area (Å²) < 4.78 is 0. The minimum Gasteiger partial charge on any atom is -0.388 e. The summed E-state index contributed by atoms with van der Waals surface area (Å²) in [5, 5.41) is 5.16. The van der Waals surface area contributed by atoms with Crippen LogP contribution in [0.2, 0.25) is 0 Å². The van der Waals surface area contributed by atoms with E-state index in [2.05, 4.69) is 15.6 Å². The maximum absolute atomic E-state index is 12.9. The summed E-state index contributed by atoms with van der Waals surface area (Å²) in [4.78, 5) is 53.2. The van der Waals surface area contributed by atoms with Gasteiger partial charge in [-0.15, -0.1) is 0 Å². The summed E-state index contributed by atoms with van der Waals surface area (Å²) >= 11 is 0. The van der Waals surface area contributed by atoms with Gasteiger partial charge in [0.05, 0.1) is 12.3 Å². The molecule has 10 heteroatoms. The Morgan fingerprint density at radius 2 is 2.08 bits per heavy atom. The third-order valence-corrected chi connectivity index (χ3v) is 4.53. The second kappa shape index (κ2) is 8.63. The van der Waals surface area contributed by atoms with E-state index in [1.165, 1.54) is 4.90 Å². The van der Waals surface area contributed by atoms with E-state index in [4.69, 9.17) is 11.5 Å². The molecule has 0 bridgehead atoms. The minimum atomic E-state index is -0.798. The number of aliphatic imine (C=N–C) groups is 1. The standard InChI is InChI=1S/C16H26N6O4/c1-9(17)19-6-2-4-10(21-15(25)11-8-13(23)20-11)16(26)22-7-3-5-12(22)14(18)24/h10-12H,2-8H2,1H3,(H2,17,19)(H2,18,24)(H,20,23)(H,21,25)/t10-,11-,12-/m0/s1. The number of primary amides is 1. The highest BCUT2D eigenvalue weighted by molar-refractivity contribution is 5.99. The van der Waals surface area contributed by atoms with Gasteiger partial charge in [0.2, 0.25) is 23.6 Å². The topological polar surface area (TPSA) is 160 Å². The van der Waals surface area contributed by atoms with Gasteiger partial charge in [-0.3, -0.25) is 24.2 Å². The number of nitrogens with zero attached hydrogens (tertiary/aromatic N) is 2. The van der Waals surface area contributed by atoms with Crippen molar-refractivity contribution in [1.29, 1.82) is 0 Å². The first-order valence-electron chi connectivity index (χ1n) is 8.75.